The Balaban J connectivity index is 1.47. The summed E-state index contributed by atoms with van der Waals surface area (Å²) in [5.74, 6) is 1.05. The number of nitrogens with one attached hydrogen (secondary N) is 2. The Labute approximate surface area is 169 Å². The fourth-order valence-corrected chi connectivity index (χ4v) is 2.90. The quantitative estimate of drug-likeness (QED) is 0.580. The Kier molecular flexibility index (Phi) is 7.16. The van der Waals surface area contributed by atoms with Gasteiger partial charge in [0.05, 0.1) is 7.11 Å². The summed E-state index contributed by atoms with van der Waals surface area (Å²) in [5, 5.41) is 6.13. The maximum absolute atomic E-state index is 12.9. The van der Waals surface area contributed by atoms with Gasteiger partial charge in [0.25, 0.3) is 5.91 Å². The molecule has 5 nitrogen and oxygen atoms in total. The number of pyridine rings is 1. The van der Waals surface area contributed by atoms with Crippen LogP contribution >= 0.6 is 0 Å². The van der Waals surface area contributed by atoms with Crippen LogP contribution in [0.3, 0.4) is 0 Å². The molecule has 2 N–H and O–H groups in total. The minimum absolute atomic E-state index is 0.142. The summed E-state index contributed by atoms with van der Waals surface area (Å²) in [6, 6.07) is 17.6. The highest BCUT2D eigenvalue weighted by Crippen LogP contribution is 2.13. The van der Waals surface area contributed by atoms with Crippen LogP contribution in [0.2, 0.25) is 0 Å². The van der Waals surface area contributed by atoms with Gasteiger partial charge in [-0.3, -0.25) is 4.79 Å². The van der Waals surface area contributed by atoms with E-state index in [9.17, 15) is 9.18 Å². The second kappa shape index (κ2) is 10.2. The first kappa shape index (κ1) is 20.3. The minimum atomic E-state index is -0.242. The molecule has 0 unspecified atom stereocenters. The maximum atomic E-state index is 12.9. The molecule has 1 heterocycles. The second-order valence-corrected chi connectivity index (χ2v) is 6.59. The third-order valence-electron chi connectivity index (χ3n) is 4.49. The average Bonchev–Trinajstić information content (AvgIpc) is 2.75. The molecule has 0 aliphatic carbocycles. The van der Waals surface area contributed by atoms with Gasteiger partial charge in [-0.15, -0.1) is 0 Å². The molecule has 0 bridgehead atoms. The lowest BCUT2D eigenvalue weighted by atomic mass is 10.1. The van der Waals surface area contributed by atoms with Crippen molar-refractivity contribution in [3.05, 3.63) is 89.4 Å². The Morgan fingerprint density at radius 1 is 1.00 bits per heavy atom. The van der Waals surface area contributed by atoms with Crippen molar-refractivity contribution >= 4 is 11.7 Å². The van der Waals surface area contributed by atoms with Gasteiger partial charge < -0.3 is 15.4 Å². The number of aromatic nitrogens is 1. The van der Waals surface area contributed by atoms with Gasteiger partial charge >= 0.3 is 0 Å². The molecule has 0 saturated heterocycles. The Hall–Kier alpha value is -3.41. The van der Waals surface area contributed by atoms with E-state index in [-0.39, 0.29) is 11.7 Å². The van der Waals surface area contributed by atoms with Crippen LogP contribution in [0.5, 0.6) is 5.75 Å². The lowest BCUT2D eigenvalue weighted by molar-refractivity contribution is 0.0954. The number of halogens is 1. The molecule has 0 atom stereocenters. The maximum Gasteiger partial charge on any atom is 0.251 e. The molecule has 0 radical (unpaired) electrons. The SMILES string of the molecule is COc1cccc(CCNC(=O)c2ccnc(NCCc3ccc(F)cc3)c2)c1. The molecule has 2 aromatic carbocycles. The number of rotatable bonds is 9. The van der Waals surface area contributed by atoms with Gasteiger partial charge in [0.15, 0.2) is 0 Å². The highest BCUT2D eigenvalue weighted by atomic mass is 19.1. The number of hydrogen-bond acceptors (Lipinski definition) is 4. The molecule has 150 valence electrons. The van der Waals surface area contributed by atoms with Crippen LogP contribution in [0.25, 0.3) is 0 Å². The summed E-state index contributed by atoms with van der Waals surface area (Å²) in [6.45, 7) is 1.17. The van der Waals surface area contributed by atoms with E-state index < -0.39 is 0 Å². The minimum Gasteiger partial charge on any atom is -0.497 e. The molecule has 0 aliphatic rings. The van der Waals surface area contributed by atoms with E-state index in [1.807, 2.05) is 24.3 Å². The summed E-state index contributed by atoms with van der Waals surface area (Å²) >= 11 is 0. The number of hydrogen-bond donors (Lipinski definition) is 2. The summed E-state index contributed by atoms with van der Waals surface area (Å²) in [7, 11) is 1.63. The molecule has 29 heavy (non-hydrogen) atoms. The number of methoxy groups -OCH3 is 1. The van der Waals surface area contributed by atoms with Crippen LogP contribution in [0, 0.1) is 5.82 Å². The molecule has 3 aromatic rings. The van der Waals surface area contributed by atoms with E-state index in [0.717, 1.165) is 29.7 Å². The summed E-state index contributed by atoms with van der Waals surface area (Å²) in [6.07, 6.45) is 3.06. The second-order valence-electron chi connectivity index (χ2n) is 6.59. The van der Waals surface area contributed by atoms with E-state index >= 15 is 0 Å². The smallest absolute Gasteiger partial charge is 0.251 e. The third-order valence-corrected chi connectivity index (χ3v) is 4.49. The van der Waals surface area contributed by atoms with Gasteiger partial charge in [-0.25, -0.2) is 9.37 Å². The number of carbonyl (C=O) groups excluding carboxylic acids is 1. The number of benzene rings is 2. The predicted octanol–water partition coefficient (Wildman–Crippen LogP) is 3.86. The van der Waals surface area contributed by atoms with Gasteiger partial charge in [-0.1, -0.05) is 24.3 Å². The first-order valence-electron chi connectivity index (χ1n) is 9.49. The monoisotopic (exact) mass is 393 g/mol. The van der Waals surface area contributed by atoms with Crippen molar-refractivity contribution in [2.24, 2.45) is 0 Å². The van der Waals surface area contributed by atoms with Crippen LogP contribution in [-0.4, -0.2) is 31.1 Å². The van der Waals surface area contributed by atoms with Gasteiger partial charge in [0.1, 0.15) is 17.4 Å². The highest BCUT2D eigenvalue weighted by molar-refractivity contribution is 5.94. The molecule has 0 aliphatic heterocycles. The van der Waals surface area contributed by atoms with Gasteiger partial charge in [0.2, 0.25) is 0 Å². The topological polar surface area (TPSA) is 63.2 Å². The lowest BCUT2D eigenvalue weighted by Gasteiger charge is -2.09. The standard InChI is InChI=1S/C23H24FN3O2/c1-29-21-4-2-3-18(15-21)10-13-27-23(28)19-11-14-26-22(16-19)25-12-9-17-5-7-20(24)8-6-17/h2-8,11,14-16H,9-10,12-13H2,1H3,(H,25,26)(H,27,28). The summed E-state index contributed by atoms with van der Waals surface area (Å²) in [5.41, 5.74) is 2.68. The number of anilines is 1. The normalized spacial score (nSPS) is 10.4. The van der Waals surface area contributed by atoms with E-state index in [4.69, 9.17) is 4.74 Å². The zero-order chi connectivity index (χ0) is 20.5. The van der Waals surface area contributed by atoms with Gasteiger partial charge in [-0.05, 0) is 60.4 Å². The van der Waals surface area contributed by atoms with Crippen LogP contribution in [-0.2, 0) is 12.8 Å². The van der Waals surface area contributed by atoms with Crippen molar-refractivity contribution in [3.63, 3.8) is 0 Å². The largest absolute Gasteiger partial charge is 0.497 e. The number of amides is 1. The molecule has 0 saturated carbocycles. The van der Waals surface area contributed by atoms with Crippen molar-refractivity contribution < 1.29 is 13.9 Å². The lowest BCUT2D eigenvalue weighted by Crippen LogP contribution is -2.25. The van der Waals surface area contributed by atoms with E-state index in [1.165, 1.54) is 12.1 Å². The van der Waals surface area contributed by atoms with Crippen LogP contribution < -0.4 is 15.4 Å². The van der Waals surface area contributed by atoms with Crippen molar-refractivity contribution in [1.82, 2.24) is 10.3 Å². The van der Waals surface area contributed by atoms with Crippen molar-refractivity contribution in [2.45, 2.75) is 12.8 Å². The van der Waals surface area contributed by atoms with Crippen LogP contribution in [0.1, 0.15) is 21.5 Å². The summed E-state index contributed by atoms with van der Waals surface area (Å²) < 4.78 is 18.2. The van der Waals surface area contributed by atoms with E-state index in [1.54, 1.807) is 37.6 Å². The van der Waals surface area contributed by atoms with Crippen molar-refractivity contribution in [2.75, 3.05) is 25.5 Å². The predicted molar refractivity (Wildman–Crippen MR) is 112 cm³/mol. The van der Waals surface area contributed by atoms with Crippen LogP contribution in [0.4, 0.5) is 10.2 Å². The Bertz CT molecular complexity index is 945. The number of ether oxygens (including phenoxy) is 1. The first-order chi connectivity index (χ1) is 14.1. The Morgan fingerprint density at radius 3 is 2.59 bits per heavy atom. The molecule has 6 heteroatoms. The fraction of sp³-hybridized carbons (Fsp3) is 0.217. The van der Waals surface area contributed by atoms with Gasteiger partial charge in [-0.2, -0.15) is 0 Å². The molecule has 3 rings (SSSR count). The average molecular weight is 393 g/mol. The Morgan fingerprint density at radius 2 is 1.79 bits per heavy atom. The van der Waals surface area contributed by atoms with E-state index in [0.29, 0.717) is 24.5 Å². The first-order valence-corrected chi connectivity index (χ1v) is 9.49. The molecule has 0 fully saturated rings. The molecular formula is C23H24FN3O2. The molecule has 0 spiro atoms. The zero-order valence-corrected chi connectivity index (χ0v) is 16.3. The summed E-state index contributed by atoms with van der Waals surface area (Å²) in [4.78, 5) is 16.7. The van der Waals surface area contributed by atoms with Crippen molar-refractivity contribution in [3.8, 4) is 5.75 Å². The zero-order valence-electron chi connectivity index (χ0n) is 16.3. The molecular weight excluding hydrogens is 369 g/mol. The highest BCUT2D eigenvalue weighted by Gasteiger charge is 2.07. The third kappa shape index (κ3) is 6.31. The molecule has 1 amide bonds. The van der Waals surface area contributed by atoms with Crippen LogP contribution in [0.15, 0.2) is 66.9 Å². The number of nitrogens with zero attached hydrogens (tertiary/aromatic N) is 1. The van der Waals surface area contributed by atoms with Gasteiger partial charge in [0, 0.05) is 24.8 Å². The molecule has 1 aromatic heterocycles. The van der Waals surface area contributed by atoms with E-state index in [2.05, 4.69) is 15.6 Å². The number of carbonyl (C=O) groups is 1. The fourth-order valence-electron chi connectivity index (χ4n) is 2.90. The van der Waals surface area contributed by atoms with Crippen molar-refractivity contribution in [1.29, 1.82) is 0 Å².